The maximum absolute atomic E-state index is 12.2. The molecule has 0 unspecified atom stereocenters. The third-order valence-corrected chi connectivity index (χ3v) is 5.84. The second-order valence-corrected chi connectivity index (χ2v) is 8.59. The van der Waals surface area contributed by atoms with Crippen molar-refractivity contribution < 1.29 is 13.2 Å². The Morgan fingerprint density at radius 1 is 1.45 bits per heavy atom. The zero-order chi connectivity index (χ0) is 16.2. The maximum atomic E-state index is 12.2. The van der Waals surface area contributed by atoms with Crippen molar-refractivity contribution in [2.75, 3.05) is 32.0 Å². The molecule has 1 heterocycles. The summed E-state index contributed by atoms with van der Waals surface area (Å²) in [7, 11) is 0.633. The number of pyridine rings is 1. The highest BCUT2D eigenvalue weighted by molar-refractivity contribution is 9.10. The second kappa shape index (κ2) is 7.61. The van der Waals surface area contributed by atoms with Crippen LogP contribution >= 0.6 is 15.9 Å². The molecule has 1 aliphatic carbocycles. The summed E-state index contributed by atoms with van der Waals surface area (Å²) in [6.45, 7) is 1.39. The van der Waals surface area contributed by atoms with Crippen molar-refractivity contribution in [2.45, 2.75) is 30.9 Å². The first-order chi connectivity index (χ1) is 10.4. The van der Waals surface area contributed by atoms with Gasteiger partial charge >= 0.3 is 0 Å². The maximum Gasteiger partial charge on any atom is 0.238 e. The van der Waals surface area contributed by atoms with E-state index >= 15 is 0 Å². The fourth-order valence-electron chi connectivity index (χ4n) is 2.08. The van der Waals surface area contributed by atoms with Crippen LogP contribution < -0.4 is 9.46 Å². The normalized spacial score (nSPS) is 15.6. The van der Waals surface area contributed by atoms with E-state index in [1.807, 2.05) is 14.1 Å². The third-order valence-electron chi connectivity index (χ3n) is 3.55. The molecule has 2 rings (SSSR count). The number of aromatic nitrogens is 1. The molecular weight excluding hydrogens is 370 g/mol. The van der Waals surface area contributed by atoms with Crippen LogP contribution in [0.4, 0.5) is 5.69 Å². The number of hydrogen-bond donors (Lipinski definition) is 1. The standard InChI is InChI=1S/C14H22BrN3O3S/c1-18(2)7-4-8-21-14-13(9-11(15)10-16-14)17-22(19,20)12-5-3-6-12/h9-10,12,17H,3-8H2,1-2H3. The van der Waals surface area contributed by atoms with Crippen LogP contribution in [-0.2, 0) is 10.0 Å². The molecule has 124 valence electrons. The fourth-order valence-corrected chi connectivity index (χ4v) is 3.99. The third kappa shape index (κ3) is 4.82. The lowest BCUT2D eigenvalue weighted by atomic mass is 10.0. The monoisotopic (exact) mass is 391 g/mol. The molecule has 0 amide bonds. The van der Waals surface area contributed by atoms with Gasteiger partial charge in [0, 0.05) is 17.2 Å². The molecule has 1 saturated carbocycles. The molecule has 0 bridgehead atoms. The number of nitrogens with one attached hydrogen (secondary N) is 1. The van der Waals surface area contributed by atoms with Gasteiger partial charge in [0.05, 0.1) is 11.9 Å². The van der Waals surface area contributed by atoms with Crippen LogP contribution in [0.2, 0.25) is 0 Å². The topological polar surface area (TPSA) is 71.5 Å². The summed E-state index contributed by atoms with van der Waals surface area (Å²) in [5, 5.41) is -0.298. The largest absolute Gasteiger partial charge is 0.476 e. The van der Waals surface area contributed by atoms with E-state index in [1.165, 1.54) is 0 Å². The van der Waals surface area contributed by atoms with E-state index in [4.69, 9.17) is 4.74 Å². The van der Waals surface area contributed by atoms with Crippen molar-refractivity contribution in [1.29, 1.82) is 0 Å². The molecule has 0 aliphatic heterocycles. The zero-order valence-corrected chi connectivity index (χ0v) is 15.3. The molecule has 8 heteroatoms. The lowest BCUT2D eigenvalue weighted by Crippen LogP contribution is -2.33. The van der Waals surface area contributed by atoms with Crippen LogP contribution in [0.5, 0.6) is 5.88 Å². The van der Waals surface area contributed by atoms with Crippen molar-refractivity contribution in [3.8, 4) is 5.88 Å². The Labute approximate surface area is 140 Å². The summed E-state index contributed by atoms with van der Waals surface area (Å²) in [6.07, 6.45) is 4.85. The summed E-state index contributed by atoms with van der Waals surface area (Å²) in [4.78, 5) is 6.24. The average Bonchev–Trinajstić information content (AvgIpc) is 2.33. The molecule has 0 saturated heterocycles. The number of rotatable bonds is 8. The van der Waals surface area contributed by atoms with Gasteiger partial charge < -0.3 is 9.64 Å². The van der Waals surface area contributed by atoms with Crippen LogP contribution in [0.25, 0.3) is 0 Å². The van der Waals surface area contributed by atoms with E-state index in [2.05, 4.69) is 30.5 Å². The Morgan fingerprint density at radius 3 is 2.77 bits per heavy atom. The average molecular weight is 392 g/mol. The minimum absolute atomic E-state index is 0.298. The molecule has 0 spiro atoms. The number of ether oxygens (including phenoxy) is 1. The Balaban J connectivity index is 2.04. The number of anilines is 1. The molecule has 0 aromatic carbocycles. The predicted molar refractivity (Wildman–Crippen MR) is 90.8 cm³/mol. The predicted octanol–water partition coefficient (Wildman–Crippen LogP) is 2.47. The molecule has 0 radical (unpaired) electrons. The molecular formula is C14H22BrN3O3S. The van der Waals surface area contributed by atoms with Gasteiger partial charge in [0.25, 0.3) is 0 Å². The van der Waals surface area contributed by atoms with Crippen LogP contribution in [0.3, 0.4) is 0 Å². The van der Waals surface area contributed by atoms with Crippen LogP contribution in [-0.4, -0.2) is 50.8 Å². The molecule has 1 aliphatic rings. The number of halogens is 1. The van der Waals surface area contributed by atoms with Crippen LogP contribution in [0, 0.1) is 0 Å². The lowest BCUT2D eigenvalue weighted by molar-refractivity contribution is 0.274. The zero-order valence-electron chi connectivity index (χ0n) is 12.9. The van der Waals surface area contributed by atoms with Crippen LogP contribution in [0.15, 0.2) is 16.7 Å². The highest BCUT2D eigenvalue weighted by atomic mass is 79.9. The van der Waals surface area contributed by atoms with Gasteiger partial charge in [-0.2, -0.15) is 0 Å². The quantitative estimate of drug-likeness (QED) is 0.689. The highest BCUT2D eigenvalue weighted by Gasteiger charge is 2.32. The van der Waals surface area contributed by atoms with Gasteiger partial charge in [-0.15, -0.1) is 0 Å². The van der Waals surface area contributed by atoms with E-state index in [9.17, 15) is 8.42 Å². The molecule has 1 fully saturated rings. The Bertz CT molecular complexity index is 603. The van der Waals surface area contributed by atoms with Gasteiger partial charge in [-0.1, -0.05) is 6.42 Å². The molecule has 0 atom stereocenters. The number of nitrogens with zero attached hydrogens (tertiary/aromatic N) is 2. The van der Waals surface area contributed by atoms with Crippen molar-refractivity contribution in [1.82, 2.24) is 9.88 Å². The van der Waals surface area contributed by atoms with E-state index in [-0.39, 0.29) is 5.25 Å². The Morgan fingerprint density at radius 2 is 2.18 bits per heavy atom. The smallest absolute Gasteiger partial charge is 0.238 e. The summed E-state index contributed by atoms with van der Waals surface area (Å²) >= 11 is 3.31. The fraction of sp³-hybridized carbons (Fsp3) is 0.643. The lowest BCUT2D eigenvalue weighted by Gasteiger charge is -2.26. The molecule has 1 aromatic rings. The SMILES string of the molecule is CN(C)CCCOc1ncc(Br)cc1NS(=O)(=O)C1CCC1. The number of sulfonamides is 1. The summed E-state index contributed by atoms with van der Waals surface area (Å²) in [6, 6.07) is 1.69. The Kier molecular flexibility index (Phi) is 6.05. The minimum Gasteiger partial charge on any atom is -0.476 e. The van der Waals surface area contributed by atoms with E-state index < -0.39 is 10.0 Å². The first-order valence-corrected chi connectivity index (χ1v) is 9.67. The van der Waals surface area contributed by atoms with Crippen molar-refractivity contribution in [2.24, 2.45) is 0 Å². The van der Waals surface area contributed by atoms with E-state index in [0.29, 0.717) is 22.6 Å². The van der Waals surface area contributed by atoms with Crippen molar-refractivity contribution in [3.05, 3.63) is 16.7 Å². The second-order valence-electron chi connectivity index (χ2n) is 5.71. The molecule has 1 aromatic heterocycles. The van der Waals surface area contributed by atoms with Crippen LogP contribution in [0.1, 0.15) is 25.7 Å². The molecule has 22 heavy (non-hydrogen) atoms. The minimum atomic E-state index is -3.36. The van der Waals surface area contributed by atoms with E-state index in [0.717, 1.165) is 32.2 Å². The molecule has 1 N–H and O–H groups in total. The number of hydrogen-bond acceptors (Lipinski definition) is 5. The first kappa shape index (κ1) is 17.5. The van der Waals surface area contributed by atoms with Crippen molar-refractivity contribution in [3.63, 3.8) is 0 Å². The van der Waals surface area contributed by atoms with Gasteiger partial charge in [0.2, 0.25) is 15.9 Å². The van der Waals surface area contributed by atoms with Gasteiger partial charge in [0.15, 0.2) is 0 Å². The van der Waals surface area contributed by atoms with Crippen molar-refractivity contribution >= 4 is 31.6 Å². The van der Waals surface area contributed by atoms with Gasteiger partial charge in [-0.25, -0.2) is 13.4 Å². The van der Waals surface area contributed by atoms with Gasteiger partial charge in [-0.05, 0) is 55.4 Å². The highest BCUT2D eigenvalue weighted by Crippen LogP contribution is 2.31. The first-order valence-electron chi connectivity index (χ1n) is 7.33. The van der Waals surface area contributed by atoms with Gasteiger partial charge in [0.1, 0.15) is 5.69 Å². The van der Waals surface area contributed by atoms with Gasteiger partial charge in [-0.3, -0.25) is 4.72 Å². The van der Waals surface area contributed by atoms with E-state index in [1.54, 1.807) is 12.3 Å². The summed E-state index contributed by atoms with van der Waals surface area (Å²) in [5.41, 5.74) is 0.395. The molecule has 6 nitrogen and oxygen atoms in total. The Hall–Kier alpha value is -0.860. The summed E-state index contributed by atoms with van der Waals surface area (Å²) in [5.74, 6) is 0.324. The summed E-state index contributed by atoms with van der Waals surface area (Å²) < 4.78 is 33.5.